The first-order chi connectivity index (χ1) is 7.51. The number of hydrogen-bond acceptors (Lipinski definition) is 3. The van der Waals surface area contributed by atoms with Crippen LogP contribution in [0.25, 0.3) is 0 Å². The monoisotopic (exact) mass is 228 g/mol. The van der Waals surface area contributed by atoms with Crippen LogP contribution in [0.3, 0.4) is 0 Å². The summed E-state index contributed by atoms with van der Waals surface area (Å²) in [6.45, 7) is 10.9. The van der Waals surface area contributed by atoms with Gasteiger partial charge >= 0.3 is 0 Å². The zero-order chi connectivity index (χ0) is 12.2. The minimum Gasteiger partial charge on any atom is -0.375 e. The Hall–Kier alpha value is -0.610. The molecule has 16 heavy (non-hydrogen) atoms. The van der Waals surface area contributed by atoms with Gasteiger partial charge in [0.25, 0.3) is 0 Å². The van der Waals surface area contributed by atoms with E-state index in [-0.39, 0.29) is 12.0 Å². The highest BCUT2D eigenvalue weighted by molar-refractivity contribution is 5.85. The van der Waals surface area contributed by atoms with Crippen LogP contribution in [0, 0.1) is 0 Å². The van der Waals surface area contributed by atoms with E-state index in [1.165, 1.54) is 0 Å². The molecule has 0 bridgehead atoms. The van der Waals surface area contributed by atoms with Gasteiger partial charge in [-0.05, 0) is 26.8 Å². The maximum absolute atomic E-state index is 12.3. The van der Waals surface area contributed by atoms with Gasteiger partial charge in [-0.1, -0.05) is 13.8 Å². The zero-order valence-corrected chi connectivity index (χ0v) is 10.9. The maximum Gasteiger partial charge on any atom is 0.242 e. The number of nitrogens with zero attached hydrogens (tertiary/aromatic N) is 1. The van der Waals surface area contributed by atoms with Gasteiger partial charge in [0.1, 0.15) is 0 Å². The standard InChI is InChI=1S/C12H24N2O2/c1-5-10-9-14(7-8-16-10)11(15)12(3,4)13-6-2/h10,13H,5-9H2,1-4H3. The molecule has 1 rings (SSSR count). The minimum atomic E-state index is -0.468. The van der Waals surface area contributed by atoms with Crippen LogP contribution in [0.1, 0.15) is 34.1 Å². The first kappa shape index (κ1) is 13.5. The molecule has 0 aromatic carbocycles. The van der Waals surface area contributed by atoms with Gasteiger partial charge in [0.15, 0.2) is 0 Å². The fourth-order valence-corrected chi connectivity index (χ4v) is 2.06. The Balaban J connectivity index is 2.59. The second kappa shape index (κ2) is 5.64. The molecule has 4 nitrogen and oxygen atoms in total. The summed E-state index contributed by atoms with van der Waals surface area (Å²) < 4.78 is 5.57. The maximum atomic E-state index is 12.3. The highest BCUT2D eigenvalue weighted by Crippen LogP contribution is 2.14. The van der Waals surface area contributed by atoms with E-state index in [1.54, 1.807) is 0 Å². The normalized spacial score (nSPS) is 22.2. The molecule has 94 valence electrons. The predicted molar refractivity (Wildman–Crippen MR) is 64.4 cm³/mol. The van der Waals surface area contributed by atoms with Gasteiger partial charge in [0, 0.05) is 13.1 Å². The molecule has 0 aliphatic carbocycles. The smallest absolute Gasteiger partial charge is 0.242 e. The average molecular weight is 228 g/mol. The molecular formula is C12H24N2O2. The molecule has 1 fully saturated rings. The number of hydrogen-bond donors (Lipinski definition) is 1. The lowest BCUT2D eigenvalue weighted by Gasteiger charge is -2.37. The molecule has 1 atom stereocenters. The summed E-state index contributed by atoms with van der Waals surface area (Å²) >= 11 is 0. The Bertz CT molecular complexity index is 241. The number of morpholine rings is 1. The Morgan fingerprint density at radius 1 is 1.50 bits per heavy atom. The highest BCUT2D eigenvalue weighted by Gasteiger charge is 2.33. The summed E-state index contributed by atoms with van der Waals surface area (Å²) in [4.78, 5) is 14.2. The Labute approximate surface area is 98.3 Å². The van der Waals surface area contributed by atoms with Crippen molar-refractivity contribution in [2.75, 3.05) is 26.2 Å². The number of likely N-dealkylation sites (N-methyl/N-ethyl adjacent to an activating group) is 1. The summed E-state index contributed by atoms with van der Waals surface area (Å²) in [7, 11) is 0. The van der Waals surface area contributed by atoms with E-state index >= 15 is 0 Å². The van der Waals surface area contributed by atoms with Crippen molar-refractivity contribution in [2.45, 2.75) is 45.8 Å². The Morgan fingerprint density at radius 2 is 2.19 bits per heavy atom. The number of carbonyl (C=O) groups is 1. The average Bonchev–Trinajstić information content (AvgIpc) is 2.28. The van der Waals surface area contributed by atoms with E-state index in [2.05, 4.69) is 12.2 Å². The van der Waals surface area contributed by atoms with E-state index in [0.29, 0.717) is 13.2 Å². The van der Waals surface area contributed by atoms with Crippen LogP contribution >= 0.6 is 0 Å². The van der Waals surface area contributed by atoms with Crippen LogP contribution < -0.4 is 5.32 Å². The second-order valence-corrected chi connectivity index (χ2v) is 4.81. The zero-order valence-electron chi connectivity index (χ0n) is 10.9. The number of carbonyl (C=O) groups excluding carboxylic acids is 1. The number of nitrogens with one attached hydrogen (secondary N) is 1. The summed E-state index contributed by atoms with van der Waals surface area (Å²) in [5.41, 5.74) is -0.468. The Morgan fingerprint density at radius 3 is 2.75 bits per heavy atom. The molecule has 1 N–H and O–H groups in total. The summed E-state index contributed by atoms with van der Waals surface area (Å²) in [5.74, 6) is 0.177. The second-order valence-electron chi connectivity index (χ2n) is 4.81. The van der Waals surface area contributed by atoms with Crippen molar-refractivity contribution in [3.05, 3.63) is 0 Å². The number of rotatable bonds is 4. The molecule has 1 heterocycles. The molecule has 1 aliphatic heterocycles. The van der Waals surface area contributed by atoms with Crippen molar-refractivity contribution in [1.29, 1.82) is 0 Å². The van der Waals surface area contributed by atoms with Crippen molar-refractivity contribution in [3.63, 3.8) is 0 Å². The van der Waals surface area contributed by atoms with Gasteiger partial charge in [-0.15, -0.1) is 0 Å². The topological polar surface area (TPSA) is 41.6 Å². The fourth-order valence-electron chi connectivity index (χ4n) is 2.06. The van der Waals surface area contributed by atoms with Gasteiger partial charge in [-0.2, -0.15) is 0 Å². The SMILES string of the molecule is CCNC(C)(C)C(=O)N1CCOC(CC)C1. The Kier molecular flexibility index (Phi) is 4.74. The highest BCUT2D eigenvalue weighted by atomic mass is 16.5. The molecule has 0 radical (unpaired) electrons. The number of ether oxygens (including phenoxy) is 1. The van der Waals surface area contributed by atoms with E-state index < -0.39 is 5.54 Å². The van der Waals surface area contributed by atoms with Crippen LogP contribution in [0.15, 0.2) is 0 Å². The lowest BCUT2D eigenvalue weighted by atomic mass is 10.0. The van der Waals surface area contributed by atoms with E-state index in [1.807, 2.05) is 25.7 Å². The van der Waals surface area contributed by atoms with Gasteiger partial charge in [0.05, 0.1) is 18.2 Å². The third kappa shape index (κ3) is 3.19. The molecule has 4 heteroatoms. The predicted octanol–water partition coefficient (Wildman–Crippen LogP) is 1.01. The lowest BCUT2D eigenvalue weighted by Crippen LogP contribution is -2.57. The number of amides is 1. The lowest BCUT2D eigenvalue weighted by molar-refractivity contribution is -0.144. The van der Waals surface area contributed by atoms with Crippen molar-refractivity contribution in [2.24, 2.45) is 0 Å². The van der Waals surface area contributed by atoms with Gasteiger partial charge in [-0.3, -0.25) is 4.79 Å². The molecular weight excluding hydrogens is 204 g/mol. The molecule has 0 saturated carbocycles. The molecule has 0 aromatic heterocycles. The van der Waals surface area contributed by atoms with E-state index in [4.69, 9.17) is 4.74 Å². The van der Waals surface area contributed by atoms with Gasteiger partial charge < -0.3 is 15.0 Å². The molecule has 1 aliphatic rings. The van der Waals surface area contributed by atoms with Crippen molar-refractivity contribution in [3.8, 4) is 0 Å². The van der Waals surface area contributed by atoms with Crippen molar-refractivity contribution < 1.29 is 9.53 Å². The molecule has 1 saturated heterocycles. The van der Waals surface area contributed by atoms with Crippen molar-refractivity contribution in [1.82, 2.24) is 10.2 Å². The summed E-state index contributed by atoms with van der Waals surface area (Å²) in [6, 6.07) is 0. The van der Waals surface area contributed by atoms with Crippen LogP contribution in [0.2, 0.25) is 0 Å². The third-order valence-corrected chi connectivity index (χ3v) is 3.03. The van der Waals surface area contributed by atoms with Crippen LogP contribution in [-0.4, -0.2) is 48.7 Å². The van der Waals surface area contributed by atoms with Crippen LogP contribution in [0.4, 0.5) is 0 Å². The van der Waals surface area contributed by atoms with E-state index in [0.717, 1.165) is 19.5 Å². The van der Waals surface area contributed by atoms with Crippen molar-refractivity contribution >= 4 is 5.91 Å². The van der Waals surface area contributed by atoms with Gasteiger partial charge in [-0.25, -0.2) is 0 Å². The van der Waals surface area contributed by atoms with Crippen LogP contribution in [-0.2, 0) is 9.53 Å². The molecule has 1 amide bonds. The minimum absolute atomic E-state index is 0.177. The van der Waals surface area contributed by atoms with Crippen LogP contribution in [0.5, 0.6) is 0 Å². The fraction of sp³-hybridized carbons (Fsp3) is 0.917. The summed E-state index contributed by atoms with van der Waals surface area (Å²) in [6.07, 6.45) is 1.17. The summed E-state index contributed by atoms with van der Waals surface area (Å²) in [5, 5.41) is 3.22. The largest absolute Gasteiger partial charge is 0.375 e. The van der Waals surface area contributed by atoms with Gasteiger partial charge in [0.2, 0.25) is 5.91 Å². The first-order valence-corrected chi connectivity index (χ1v) is 6.17. The third-order valence-electron chi connectivity index (χ3n) is 3.03. The molecule has 0 aromatic rings. The molecule has 1 unspecified atom stereocenters. The quantitative estimate of drug-likeness (QED) is 0.781. The first-order valence-electron chi connectivity index (χ1n) is 6.17. The van der Waals surface area contributed by atoms with E-state index in [9.17, 15) is 4.79 Å². The molecule has 0 spiro atoms.